The smallest absolute Gasteiger partial charge is 0.309 e. The lowest BCUT2D eigenvalue weighted by Gasteiger charge is -2.17. The standard InChI is InChI=1S/C28H35IO6P2/c1-5-32-36(30,33-6-2)20-22-12-16-24(17-13-22)26-10-9-11-27(28(26)29)25-18-14-23(15-19-25)21-37(31,34-7-3)35-8-4/h9-19H,5-8,20-21H2,1-4H3. The minimum Gasteiger partial charge on any atom is -0.309 e. The van der Waals surface area contributed by atoms with Crippen LogP contribution in [0.4, 0.5) is 0 Å². The molecule has 0 radical (unpaired) electrons. The molecule has 200 valence electrons. The van der Waals surface area contributed by atoms with E-state index in [9.17, 15) is 9.13 Å². The van der Waals surface area contributed by atoms with Crippen LogP contribution in [0.2, 0.25) is 0 Å². The summed E-state index contributed by atoms with van der Waals surface area (Å²) in [6.45, 7) is 8.65. The molecule has 37 heavy (non-hydrogen) atoms. The highest BCUT2D eigenvalue weighted by molar-refractivity contribution is 14.1. The first-order chi connectivity index (χ1) is 17.8. The van der Waals surface area contributed by atoms with Crippen molar-refractivity contribution in [3.8, 4) is 22.3 Å². The normalized spacial score (nSPS) is 12.1. The van der Waals surface area contributed by atoms with E-state index in [1.165, 1.54) is 0 Å². The Morgan fingerprint density at radius 3 is 1.19 bits per heavy atom. The summed E-state index contributed by atoms with van der Waals surface area (Å²) in [5.41, 5.74) is 6.19. The van der Waals surface area contributed by atoms with Crippen LogP contribution in [-0.4, -0.2) is 26.4 Å². The van der Waals surface area contributed by atoms with Gasteiger partial charge < -0.3 is 18.1 Å². The monoisotopic (exact) mass is 656 g/mol. The van der Waals surface area contributed by atoms with Crippen molar-refractivity contribution in [3.05, 3.63) is 81.4 Å². The van der Waals surface area contributed by atoms with Gasteiger partial charge in [0.05, 0.1) is 38.8 Å². The molecule has 3 rings (SSSR count). The number of hydrogen-bond acceptors (Lipinski definition) is 6. The molecule has 3 aromatic rings. The van der Waals surface area contributed by atoms with Crippen molar-refractivity contribution < 1.29 is 27.2 Å². The molecule has 3 aromatic carbocycles. The van der Waals surface area contributed by atoms with Crippen molar-refractivity contribution in [2.75, 3.05) is 26.4 Å². The Morgan fingerprint density at radius 2 is 0.892 bits per heavy atom. The van der Waals surface area contributed by atoms with Gasteiger partial charge in [0.15, 0.2) is 0 Å². The van der Waals surface area contributed by atoms with E-state index in [1.807, 2.05) is 82.3 Å². The van der Waals surface area contributed by atoms with E-state index in [4.69, 9.17) is 18.1 Å². The Balaban J connectivity index is 1.81. The average Bonchev–Trinajstić information content (AvgIpc) is 2.86. The molecule has 0 aliphatic carbocycles. The van der Waals surface area contributed by atoms with E-state index in [0.717, 1.165) is 37.0 Å². The van der Waals surface area contributed by atoms with Crippen molar-refractivity contribution in [1.82, 2.24) is 0 Å². The Hall–Kier alpha value is -1.31. The highest BCUT2D eigenvalue weighted by Crippen LogP contribution is 2.52. The quantitative estimate of drug-likeness (QED) is 0.127. The summed E-state index contributed by atoms with van der Waals surface area (Å²) in [4.78, 5) is 0. The van der Waals surface area contributed by atoms with E-state index in [2.05, 4.69) is 34.7 Å². The first kappa shape index (κ1) is 30.2. The molecule has 0 aromatic heterocycles. The SMILES string of the molecule is CCOP(=O)(Cc1ccc(-c2cccc(-c3ccc(CP(=O)(OCC)OCC)cc3)c2I)cc1)OCC. The Kier molecular flexibility index (Phi) is 11.6. The Morgan fingerprint density at radius 1 is 0.568 bits per heavy atom. The van der Waals surface area contributed by atoms with Crippen LogP contribution in [0.15, 0.2) is 66.7 Å². The number of hydrogen-bond donors (Lipinski definition) is 0. The fourth-order valence-corrected chi connectivity index (χ4v) is 8.43. The van der Waals surface area contributed by atoms with Crippen LogP contribution in [0, 0.1) is 3.57 Å². The molecule has 0 bridgehead atoms. The first-order valence-corrected chi connectivity index (χ1v) is 17.0. The second-order valence-corrected chi connectivity index (χ2v) is 13.5. The third kappa shape index (κ3) is 8.34. The fourth-order valence-electron chi connectivity index (χ4n) is 4.05. The molecule has 0 amide bonds. The van der Waals surface area contributed by atoms with E-state index >= 15 is 0 Å². The molecule has 0 unspecified atom stereocenters. The maximum absolute atomic E-state index is 12.9. The molecule has 6 nitrogen and oxygen atoms in total. The second-order valence-electron chi connectivity index (χ2n) is 8.27. The third-order valence-corrected chi connectivity index (χ3v) is 10.9. The fraction of sp³-hybridized carbons (Fsp3) is 0.357. The van der Waals surface area contributed by atoms with Crippen molar-refractivity contribution in [3.63, 3.8) is 0 Å². The largest absolute Gasteiger partial charge is 0.335 e. The summed E-state index contributed by atoms with van der Waals surface area (Å²) in [7, 11) is -6.29. The van der Waals surface area contributed by atoms with E-state index in [0.29, 0.717) is 26.4 Å². The van der Waals surface area contributed by atoms with Gasteiger partial charge in [-0.3, -0.25) is 9.13 Å². The predicted octanol–water partition coefficient (Wildman–Crippen LogP) is 9.16. The molecule has 0 aliphatic rings. The minimum atomic E-state index is -3.15. The molecule has 9 heteroatoms. The molecular weight excluding hydrogens is 621 g/mol. The number of rotatable bonds is 14. The number of benzene rings is 3. The van der Waals surface area contributed by atoms with Crippen LogP contribution >= 0.6 is 37.8 Å². The molecule has 0 aliphatic heterocycles. The zero-order valence-electron chi connectivity index (χ0n) is 21.8. The lowest BCUT2D eigenvalue weighted by Crippen LogP contribution is -1.99. The van der Waals surface area contributed by atoms with Gasteiger partial charge in [-0.15, -0.1) is 0 Å². The molecule has 0 fully saturated rings. The highest BCUT2D eigenvalue weighted by atomic mass is 127. The second kappa shape index (κ2) is 14.2. The van der Waals surface area contributed by atoms with Gasteiger partial charge in [-0.25, -0.2) is 0 Å². The lowest BCUT2D eigenvalue weighted by atomic mass is 9.98. The van der Waals surface area contributed by atoms with Crippen LogP contribution in [0.1, 0.15) is 38.8 Å². The van der Waals surface area contributed by atoms with Gasteiger partial charge in [0.2, 0.25) is 0 Å². The molecule has 0 saturated carbocycles. The summed E-state index contributed by atoms with van der Waals surface area (Å²) < 4.78 is 48.6. The summed E-state index contributed by atoms with van der Waals surface area (Å²) >= 11 is 2.38. The summed E-state index contributed by atoms with van der Waals surface area (Å²) in [6, 6.07) is 22.3. The maximum atomic E-state index is 12.9. The zero-order valence-corrected chi connectivity index (χ0v) is 25.8. The summed E-state index contributed by atoms with van der Waals surface area (Å²) in [5, 5.41) is 0. The van der Waals surface area contributed by atoms with Gasteiger partial charge in [-0.1, -0.05) is 66.7 Å². The van der Waals surface area contributed by atoms with Gasteiger partial charge >= 0.3 is 15.2 Å². The van der Waals surface area contributed by atoms with Gasteiger partial charge in [0.25, 0.3) is 0 Å². The average molecular weight is 656 g/mol. The van der Waals surface area contributed by atoms with Gasteiger partial charge in [-0.2, -0.15) is 0 Å². The molecule has 0 heterocycles. The topological polar surface area (TPSA) is 71.1 Å². The molecule has 0 saturated heterocycles. The summed E-state index contributed by atoms with van der Waals surface area (Å²) in [6.07, 6.45) is 0.496. The Bertz CT molecular complexity index is 1130. The van der Waals surface area contributed by atoms with Crippen LogP contribution in [0.3, 0.4) is 0 Å². The van der Waals surface area contributed by atoms with E-state index in [-0.39, 0.29) is 12.3 Å². The van der Waals surface area contributed by atoms with Gasteiger partial charge in [-0.05, 0) is 83.7 Å². The van der Waals surface area contributed by atoms with Gasteiger partial charge in [0.1, 0.15) is 0 Å². The Labute approximate surface area is 234 Å². The third-order valence-electron chi connectivity index (χ3n) is 5.58. The molecule has 0 atom stereocenters. The highest BCUT2D eigenvalue weighted by Gasteiger charge is 2.25. The summed E-state index contributed by atoms with van der Waals surface area (Å²) in [5.74, 6) is 0. The molecular formula is C28H35IO6P2. The molecule has 0 spiro atoms. The van der Waals surface area contributed by atoms with Crippen LogP contribution in [-0.2, 0) is 39.5 Å². The van der Waals surface area contributed by atoms with Crippen molar-refractivity contribution in [1.29, 1.82) is 0 Å². The van der Waals surface area contributed by atoms with Crippen molar-refractivity contribution >= 4 is 37.8 Å². The lowest BCUT2D eigenvalue weighted by molar-refractivity contribution is 0.218. The predicted molar refractivity (Wildman–Crippen MR) is 159 cm³/mol. The van der Waals surface area contributed by atoms with Crippen LogP contribution in [0.25, 0.3) is 22.3 Å². The van der Waals surface area contributed by atoms with Crippen LogP contribution in [0.5, 0.6) is 0 Å². The molecule has 0 N–H and O–H groups in total. The first-order valence-electron chi connectivity index (χ1n) is 12.5. The van der Waals surface area contributed by atoms with Crippen molar-refractivity contribution in [2.45, 2.75) is 40.0 Å². The van der Waals surface area contributed by atoms with E-state index < -0.39 is 15.2 Å². The maximum Gasteiger partial charge on any atom is 0.335 e. The number of halogens is 1. The van der Waals surface area contributed by atoms with Gasteiger partial charge in [0, 0.05) is 3.57 Å². The minimum absolute atomic E-state index is 0.248. The van der Waals surface area contributed by atoms with Crippen molar-refractivity contribution in [2.24, 2.45) is 0 Å². The van der Waals surface area contributed by atoms with E-state index in [1.54, 1.807) is 0 Å². The van der Waals surface area contributed by atoms with Crippen LogP contribution < -0.4 is 0 Å². The zero-order chi connectivity index (χ0) is 26.9.